The molecule has 1 amide bonds. The molecule has 1 saturated heterocycles. The number of Topliss-reactive ketones (excluding diaryl/α,β-unsaturated/α-hetero) is 1. The van der Waals surface area contributed by atoms with Gasteiger partial charge in [-0.3, -0.25) is 14.5 Å². The summed E-state index contributed by atoms with van der Waals surface area (Å²) < 4.78 is 0. The number of ketones is 1. The van der Waals surface area contributed by atoms with E-state index in [4.69, 9.17) is 15.3 Å². The van der Waals surface area contributed by atoms with Crippen LogP contribution in [-0.4, -0.2) is 56.6 Å². The molecule has 1 heterocycles. The van der Waals surface area contributed by atoms with Crippen LogP contribution in [0.25, 0.3) is 0 Å². The van der Waals surface area contributed by atoms with Crippen LogP contribution >= 0.6 is 0 Å². The van der Waals surface area contributed by atoms with Gasteiger partial charge >= 0.3 is 18.0 Å². The van der Waals surface area contributed by atoms with Crippen molar-refractivity contribution in [3.63, 3.8) is 0 Å². The van der Waals surface area contributed by atoms with Gasteiger partial charge in [-0.2, -0.15) is 0 Å². The van der Waals surface area contributed by atoms with E-state index in [2.05, 4.69) is 0 Å². The average molecular weight is 259 g/mol. The van der Waals surface area contributed by atoms with E-state index >= 15 is 0 Å². The maximum Gasteiger partial charge on any atom is 0.408 e. The molecule has 0 bridgehead atoms. The molecule has 3 N–H and O–H groups in total. The van der Waals surface area contributed by atoms with Crippen LogP contribution in [0.5, 0.6) is 0 Å². The van der Waals surface area contributed by atoms with Gasteiger partial charge in [-0.25, -0.2) is 9.59 Å². The smallest absolute Gasteiger partial charge is 0.408 e. The Morgan fingerprint density at radius 1 is 1.22 bits per heavy atom. The molecular weight excluding hydrogens is 246 g/mol. The molecule has 8 nitrogen and oxygen atoms in total. The lowest BCUT2D eigenvalue weighted by Gasteiger charge is -2.22. The number of likely N-dealkylation sites (tertiary alicyclic amines) is 1. The monoisotopic (exact) mass is 259 g/mol. The van der Waals surface area contributed by atoms with Crippen molar-refractivity contribution in [3.05, 3.63) is 0 Å². The van der Waals surface area contributed by atoms with E-state index in [9.17, 15) is 19.2 Å². The van der Waals surface area contributed by atoms with E-state index in [0.29, 0.717) is 4.90 Å². The minimum Gasteiger partial charge on any atom is -0.481 e. The lowest BCUT2D eigenvalue weighted by atomic mass is 9.81. The lowest BCUT2D eigenvalue weighted by Crippen LogP contribution is -2.40. The van der Waals surface area contributed by atoms with Crippen molar-refractivity contribution < 1.29 is 34.5 Å². The number of carboxylic acids is 2. The lowest BCUT2D eigenvalue weighted by molar-refractivity contribution is -0.150. The van der Waals surface area contributed by atoms with E-state index in [1.54, 1.807) is 0 Å². The fraction of sp³-hybridized carbons (Fsp3) is 0.600. The number of aliphatic carboxylic acids is 2. The molecule has 1 aliphatic rings. The summed E-state index contributed by atoms with van der Waals surface area (Å²) in [4.78, 5) is 44.7. The second-order valence-corrected chi connectivity index (χ2v) is 4.43. The topological polar surface area (TPSA) is 132 Å². The Kier molecular flexibility index (Phi) is 3.59. The number of carbonyl (C=O) groups excluding carboxylic acids is 1. The third-order valence-corrected chi connectivity index (χ3v) is 3.01. The van der Waals surface area contributed by atoms with Gasteiger partial charge in [-0.1, -0.05) is 0 Å². The van der Waals surface area contributed by atoms with Gasteiger partial charge in [0.25, 0.3) is 0 Å². The largest absolute Gasteiger partial charge is 0.481 e. The van der Waals surface area contributed by atoms with E-state index in [-0.39, 0.29) is 6.42 Å². The van der Waals surface area contributed by atoms with Crippen LogP contribution in [-0.2, 0) is 14.4 Å². The maximum absolute atomic E-state index is 11.2. The molecule has 0 radical (unpaired) electrons. The Labute approximate surface area is 102 Å². The highest BCUT2D eigenvalue weighted by atomic mass is 16.4. The summed E-state index contributed by atoms with van der Waals surface area (Å²) in [6.07, 6.45) is -2.28. The molecule has 0 aromatic rings. The molecule has 0 aromatic carbocycles. The van der Waals surface area contributed by atoms with Crippen LogP contribution in [0.15, 0.2) is 0 Å². The number of amides is 1. The van der Waals surface area contributed by atoms with Crippen molar-refractivity contribution in [3.8, 4) is 0 Å². The van der Waals surface area contributed by atoms with Gasteiger partial charge in [-0.05, 0) is 13.3 Å². The second kappa shape index (κ2) is 4.63. The Balaban J connectivity index is 3.10. The van der Waals surface area contributed by atoms with Gasteiger partial charge < -0.3 is 15.3 Å². The summed E-state index contributed by atoms with van der Waals surface area (Å²) in [5.41, 5.74) is -1.65. The number of rotatable bonds is 4. The fourth-order valence-corrected chi connectivity index (χ4v) is 2.24. The number of nitrogens with zero attached hydrogens (tertiary/aromatic N) is 1. The first-order chi connectivity index (χ1) is 8.19. The third kappa shape index (κ3) is 2.41. The summed E-state index contributed by atoms with van der Waals surface area (Å²) in [6.45, 7) is 0.693. The van der Waals surface area contributed by atoms with Crippen molar-refractivity contribution in [2.75, 3.05) is 6.54 Å². The van der Waals surface area contributed by atoms with Crippen LogP contribution in [0, 0.1) is 5.41 Å². The van der Waals surface area contributed by atoms with Crippen LogP contribution in [0.4, 0.5) is 4.79 Å². The van der Waals surface area contributed by atoms with E-state index in [1.807, 2.05) is 0 Å². The molecule has 0 aliphatic carbocycles. The molecule has 8 heteroatoms. The summed E-state index contributed by atoms with van der Waals surface area (Å²) in [7, 11) is 0. The normalized spacial score (nSPS) is 26.9. The standard InChI is InChI=1S/C10H13NO7/c1-5(12)2-10(8(15)16)3-6(7(13)14)11(4-10)9(17)18/h6H,2-4H2,1H3,(H,13,14)(H,15,16)(H,17,18)/t6-,10-/m0/s1. The number of hydrogen-bond donors (Lipinski definition) is 3. The first kappa shape index (κ1) is 13.9. The van der Waals surface area contributed by atoms with E-state index in [0.717, 1.165) is 0 Å². The molecular formula is C10H13NO7. The first-order valence-electron chi connectivity index (χ1n) is 5.15. The number of hydrogen-bond acceptors (Lipinski definition) is 4. The zero-order valence-electron chi connectivity index (χ0n) is 9.62. The van der Waals surface area contributed by atoms with Crippen LogP contribution in [0.1, 0.15) is 19.8 Å². The Morgan fingerprint density at radius 2 is 1.78 bits per heavy atom. The Bertz CT molecular complexity index is 394. The number of carboxylic acid groups (broad SMARTS) is 3. The minimum absolute atomic E-state index is 0.379. The third-order valence-electron chi connectivity index (χ3n) is 3.01. The predicted molar refractivity (Wildman–Crippen MR) is 56.1 cm³/mol. The van der Waals surface area contributed by atoms with Crippen molar-refractivity contribution >= 4 is 23.8 Å². The minimum atomic E-state index is -1.65. The van der Waals surface area contributed by atoms with Gasteiger partial charge in [0.15, 0.2) is 0 Å². The van der Waals surface area contributed by atoms with Gasteiger partial charge in [0.05, 0.1) is 5.41 Å². The molecule has 1 rings (SSSR count). The van der Waals surface area contributed by atoms with Crippen molar-refractivity contribution in [1.82, 2.24) is 4.90 Å². The van der Waals surface area contributed by atoms with Crippen LogP contribution in [0.3, 0.4) is 0 Å². The average Bonchev–Trinajstić information content (AvgIpc) is 2.58. The maximum atomic E-state index is 11.2. The Hall–Kier alpha value is -2.12. The quantitative estimate of drug-likeness (QED) is 0.640. The number of carbonyl (C=O) groups is 4. The van der Waals surface area contributed by atoms with Crippen molar-refractivity contribution in [2.24, 2.45) is 5.41 Å². The van der Waals surface area contributed by atoms with Crippen LogP contribution < -0.4 is 0 Å². The van der Waals surface area contributed by atoms with Gasteiger partial charge in [-0.15, -0.1) is 0 Å². The molecule has 18 heavy (non-hydrogen) atoms. The highest BCUT2D eigenvalue weighted by Crippen LogP contribution is 2.38. The van der Waals surface area contributed by atoms with Crippen molar-refractivity contribution in [2.45, 2.75) is 25.8 Å². The molecule has 0 aromatic heterocycles. The van der Waals surface area contributed by atoms with Gasteiger partial charge in [0, 0.05) is 13.0 Å². The highest BCUT2D eigenvalue weighted by Gasteiger charge is 2.54. The molecule has 1 aliphatic heterocycles. The van der Waals surface area contributed by atoms with E-state index < -0.39 is 48.2 Å². The molecule has 0 saturated carbocycles. The summed E-state index contributed by atoms with van der Waals surface area (Å²) in [5, 5.41) is 26.9. The summed E-state index contributed by atoms with van der Waals surface area (Å²) in [6, 6.07) is -1.43. The molecule has 100 valence electrons. The summed E-state index contributed by atoms with van der Waals surface area (Å²) in [5.74, 6) is -3.19. The Morgan fingerprint density at radius 3 is 2.06 bits per heavy atom. The highest BCUT2D eigenvalue weighted by molar-refractivity contribution is 5.89. The zero-order valence-corrected chi connectivity index (χ0v) is 9.62. The SMILES string of the molecule is CC(=O)C[C@]1(C(=O)O)C[C@@H](C(=O)O)N(C(=O)O)C1. The molecule has 0 spiro atoms. The summed E-state index contributed by atoms with van der Waals surface area (Å²) >= 11 is 0. The second-order valence-electron chi connectivity index (χ2n) is 4.43. The molecule has 0 unspecified atom stereocenters. The predicted octanol–water partition coefficient (Wildman–Crippen LogP) is -0.127. The van der Waals surface area contributed by atoms with Crippen molar-refractivity contribution in [1.29, 1.82) is 0 Å². The molecule has 2 atom stereocenters. The fourth-order valence-electron chi connectivity index (χ4n) is 2.24. The van der Waals surface area contributed by atoms with E-state index in [1.165, 1.54) is 6.92 Å². The van der Waals surface area contributed by atoms with Crippen LogP contribution in [0.2, 0.25) is 0 Å². The van der Waals surface area contributed by atoms with Gasteiger partial charge in [0.1, 0.15) is 11.8 Å². The first-order valence-corrected chi connectivity index (χ1v) is 5.15. The zero-order chi connectivity index (χ0) is 14.1. The molecule has 1 fully saturated rings. The van der Waals surface area contributed by atoms with Gasteiger partial charge in [0.2, 0.25) is 0 Å².